The number of anilines is 1. The van der Waals surface area contributed by atoms with Gasteiger partial charge >= 0.3 is 5.97 Å². The van der Waals surface area contributed by atoms with E-state index in [0.717, 1.165) is 44.2 Å². The molecule has 0 spiro atoms. The van der Waals surface area contributed by atoms with Gasteiger partial charge in [0, 0.05) is 16.1 Å². The molecule has 1 N–H and O–H groups in total. The number of benzene rings is 3. The van der Waals surface area contributed by atoms with E-state index in [1.165, 1.54) is 11.3 Å². The van der Waals surface area contributed by atoms with Crippen molar-refractivity contribution in [2.45, 2.75) is 27.7 Å². The molecule has 214 valence electrons. The molecule has 5 rings (SSSR count). The minimum Gasteiger partial charge on any atom is -0.462 e. The van der Waals surface area contributed by atoms with Crippen molar-refractivity contribution < 1.29 is 14.3 Å². The van der Waals surface area contributed by atoms with Gasteiger partial charge < -0.3 is 14.6 Å². The van der Waals surface area contributed by atoms with Crippen molar-refractivity contribution in [2.75, 3.05) is 11.9 Å². The van der Waals surface area contributed by atoms with Crippen LogP contribution in [0.3, 0.4) is 0 Å². The summed E-state index contributed by atoms with van der Waals surface area (Å²) in [7, 11) is 0. The fourth-order valence-electron chi connectivity index (χ4n) is 4.95. The Balaban J connectivity index is 1.68. The Morgan fingerprint density at radius 3 is 2.16 bits per heavy atom. The molecule has 0 saturated carbocycles. The zero-order chi connectivity index (χ0) is 30.5. The molecule has 2 heterocycles. The second kappa shape index (κ2) is 12.8. The predicted molar refractivity (Wildman–Crippen MR) is 173 cm³/mol. The number of aromatic nitrogens is 1. The highest BCUT2D eigenvalue weighted by molar-refractivity contribution is 7.16. The number of carbonyl (C=O) groups excluding carboxylic acids is 2. The van der Waals surface area contributed by atoms with Gasteiger partial charge in [0.2, 0.25) is 0 Å². The molecule has 0 bridgehead atoms. The normalized spacial score (nSPS) is 11.2. The molecule has 7 heteroatoms. The quantitative estimate of drug-likeness (QED) is 0.112. The molecule has 0 aliphatic heterocycles. The van der Waals surface area contributed by atoms with Gasteiger partial charge in [-0.3, -0.25) is 4.79 Å². The number of thiophene rings is 1. The molecule has 0 unspecified atom stereocenters. The Hall–Kier alpha value is -5.19. The highest BCUT2D eigenvalue weighted by Crippen LogP contribution is 2.38. The first-order valence-corrected chi connectivity index (χ1v) is 14.8. The van der Waals surface area contributed by atoms with Gasteiger partial charge in [-0.25, -0.2) is 4.79 Å². The minimum absolute atomic E-state index is 0.0867. The maximum atomic E-state index is 13.6. The highest BCUT2D eigenvalue weighted by atomic mass is 32.1. The monoisotopic (exact) mass is 585 g/mol. The van der Waals surface area contributed by atoms with Crippen molar-refractivity contribution in [3.05, 3.63) is 124 Å². The predicted octanol–water partition coefficient (Wildman–Crippen LogP) is 8.52. The Bertz CT molecular complexity index is 1860. The van der Waals surface area contributed by atoms with Crippen LogP contribution in [0.5, 0.6) is 0 Å². The van der Waals surface area contributed by atoms with E-state index in [1.807, 2.05) is 87.5 Å². The summed E-state index contributed by atoms with van der Waals surface area (Å²) in [6.45, 7) is 7.70. The number of rotatable bonds is 8. The topological polar surface area (TPSA) is 84.1 Å². The number of ether oxygens (including phenoxy) is 1. The first kappa shape index (κ1) is 29.3. The zero-order valence-corrected chi connectivity index (χ0v) is 25.3. The third-order valence-corrected chi connectivity index (χ3v) is 8.32. The summed E-state index contributed by atoms with van der Waals surface area (Å²) in [5.74, 6) is -1.10. The second-order valence-corrected chi connectivity index (χ2v) is 11.3. The molecular formula is C36H31N3O3S. The molecular weight excluding hydrogens is 554 g/mol. The molecule has 6 nitrogen and oxygen atoms in total. The third kappa shape index (κ3) is 6.06. The van der Waals surface area contributed by atoms with Crippen LogP contribution in [0.2, 0.25) is 0 Å². The van der Waals surface area contributed by atoms with Crippen molar-refractivity contribution in [1.82, 2.24) is 4.57 Å². The van der Waals surface area contributed by atoms with E-state index in [2.05, 4.69) is 40.2 Å². The summed E-state index contributed by atoms with van der Waals surface area (Å²) in [6, 6.07) is 32.3. The lowest BCUT2D eigenvalue weighted by Gasteiger charge is -2.15. The van der Waals surface area contributed by atoms with E-state index >= 15 is 0 Å². The number of nitrogens with one attached hydrogen (secondary N) is 1. The molecule has 2 aromatic heterocycles. The Kier molecular flexibility index (Phi) is 8.70. The molecule has 0 atom stereocenters. The molecule has 43 heavy (non-hydrogen) atoms. The molecule has 0 radical (unpaired) electrons. The van der Waals surface area contributed by atoms with Gasteiger partial charge in [0.15, 0.2) is 0 Å². The first-order valence-electron chi connectivity index (χ1n) is 14.0. The van der Waals surface area contributed by atoms with E-state index in [1.54, 1.807) is 13.0 Å². The van der Waals surface area contributed by atoms with Gasteiger partial charge in [-0.05, 0) is 68.7 Å². The number of nitrogens with zero attached hydrogens (tertiary/aromatic N) is 2. The largest absolute Gasteiger partial charge is 0.462 e. The van der Waals surface area contributed by atoms with Crippen LogP contribution < -0.4 is 5.32 Å². The second-order valence-electron chi connectivity index (χ2n) is 10.1. The fourth-order valence-corrected chi connectivity index (χ4v) is 6.00. The number of carbonyl (C=O) groups is 2. The van der Waals surface area contributed by atoms with E-state index < -0.39 is 11.9 Å². The van der Waals surface area contributed by atoms with Crippen LogP contribution in [0, 0.1) is 32.1 Å². The number of esters is 1. The zero-order valence-electron chi connectivity index (χ0n) is 24.5. The molecule has 1 amide bonds. The first-order chi connectivity index (χ1) is 20.8. The lowest BCUT2D eigenvalue weighted by Crippen LogP contribution is -2.16. The van der Waals surface area contributed by atoms with Crippen LogP contribution in [0.4, 0.5) is 5.00 Å². The molecule has 5 aromatic rings. The number of aryl methyl sites for hydroxylation is 2. The summed E-state index contributed by atoms with van der Waals surface area (Å²) < 4.78 is 7.39. The van der Waals surface area contributed by atoms with Gasteiger partial charge in [-0.2, -0.15) is 5.26 Å². The number of nitriles is 1. The summed E-state index contributed by atoms with van der Waals surface area (Å²) >= 11 is 1.29. The lowest BCUT2D eigenvalue weighted by atomic mass is 10.0. The molecule has 0 aliphatic rings. The van der Waals surface area contributed by atoms with Crippen molar-refractivity contribution in [3.8, 4) is 34.3 Å². The van der Waals surface area contributed by atoms with Crippen LogP contribution in [-0.2, 0) is 9.53 Å². The number of amides is 1. The van der Waals surface area contributed by atoms with Crippen LogP contribution in [0.25, 0.3) is 34.3 Å². The van der Waals surface area contributed by atoms with Crippen LogP contribution >= 0.6 is 11.3 Å². The highest BCUT2D eigenvalue weighted by Gasteiger charge is 2.24. The lowest BCUT2D eigenvalue weighted by molar-refractivity contribution is -0.112. The van der Waals surface area contributed by atoms with Gasteiger partial charge in [-0.15, -0.1) is 11.3 Å². The minimum atomic E-state index is -0.599. The Morgan fingerprint density at radius 2 is 1.56 bits per heavy atom. The van der Waals surface area contributed by atoms with Crippen LogP contribution in [-0.4, -0.2) is 23.1 Å². The van der Waals surface area contributed by atoms with E-state index in [9.17, 15) is 14.9 Å². The molecule has 0 fully saturated rings. The van der Waals surface area contributed by atoms with Gasteiger partial charge in [0.1, 0.15) is 16.6 Å². The third-order valence-electron chi connectivity index (χ3n) is 7.20. The van der Waals surface area contributed by atoms with E-state index in [0.29, 0.717) is 16.1 Å². The SMILES string of the molecule is CCOC(=O)c1c(NC(=O)/C(C#N)=C/c2cc(-c3ccccc3)n(-c3ccc(C)cc3)c2-c2ccccc2)sc(C)c1C. The maximum Gasteiger partial charge on any atom is 0.341 e. The van der Waals surface area contributed by atoms with Crippen molar-refractivity contribution in [1.29, 1.82) is 5.26 Å². The average Bonchev–Trinajstić information content (AvgIpc) is 3.53. The Labute approximate surface area is 255 Å². The number of hydrogen-bond acceptors (Lipinski definition) is 5. The molecule has 0 aliphatic carbocycles. The number of hydrogen-bond donors (Lipinski definition) is 1. The van der Waals surface area contributed by atoms with Gasteiger partial charge in [0.05, 0.1) is 23.6 Å². The summed E-state index contributed by atoms with van der Waals surface area (Å²) in [6.07, 6.45) is 1.62. The van der Waals surface area contributed by atoms with Crippen LogP contribution in [0.1, 0.15) is 38.8 Å². The van der Waals surface area contributed by atoms with E-state index in [4.69, 9.17) is 4.74 Å². The van der Waals surface area contributed by atoms with E-state index in [-0.39, 0.29) is 12.2 Å². The summed E-state index contributed by atoms with van der Waals surface area (Å²) in [5, 5.41) is 13.4. The fraction of sp³-hybridized carbons (Fsp3) is 0.139. The van der Waals surface area contributed by atoms with Gasteiger partial charge in [-0.1, -0.05) is 78.4 Å². The summed E-state index contributed by atoms with van der Waals surface area (Å²) in [5.41, 5.74) is 7.47. The van der Waals surface area contributed by atoms with Crippen molar-refractivity contribution in [2.24, 2.45) is 0 Å². The maximum absolute atomic E-state index is 13.6. The average molecular weight is 586 g/mol. The summed E-state index contributed by atoms with van der Waals surface area (Å²) in [4.78, 5) is 27.1. The van der Waals surface area contributed by atoms with Crippen LogP contribution in [0.15, 0.2) is 96.6 Å². The van der Waals surface area contributed by atoms with Gasteiger partial charge in [0.25, 0.3) is 5.91 Å². The molecule has 0 saturated heterocycles. The molecule has 3 aromatic carbocycles. The standard InChI is InChI=1S/C36H31N3O3S/c1-5-42-36(41)32-24(3)25(4)43-35(32)38-34(40)29(22-37)20-28-21-31(26-12-8-6-9-13-26)39(30-18-16-23(2)17-19-30)33(28)27-14-10-7-11-15-27/h6-21H,5H2,1-4H3,(H,38,40)/b29-20+. The smallest absolute Gasteiger partial charge is 0.341 e. The van der Waals surface area contributed by atoms with Crippen molar-refractivity contribution in [3.63, 3.8) is 0 Å². The van der Waals surface area contributed by atoms with Crippen molar-refractivity contribution >= 4 is 34.3 Å². The Morgan fingerprint density at radius 1 is 0.930 bits per heavy atom.